The molecular formula is C14H15FO2. The first-order valence-electron chi connectivity index (χ1n) is 5.11. The Morgan fingerprint density at radius 3 is 2.76 bits per heavy atom. The average Bonchev–Trinajstić information content (AvgIpc) is 2.25. The smallest absolute Gasteiger partial charge is 0.157 e. The van der Waals surface area contributed by atoms with Crippen LogP contribution in [-0.4, -0.2) is 5.11 Å². The van der Waals surface area contributed by atoms with Gasteiger partial charge in [0.2, 0.25) is 0 Å². The Labute approximate surface area is 100 Å². The molecule has 0 amide bonds. The van der Waals surface area contributed by atoms with Gasteiger partial charge >= 0.3 is 0 Å². The van der Waals surface area contributed by atoms with Crippen molar-refractivity contribution in [1.29, 1.82) is 0 Å². The molecule has 0 saturated carbocycles. The van der Waals surface area contributed by atoms with E-state index in [9.17, 15) is 9.50 Å². The Balaban J connectivity index is 2.57. The zero-order chi connectivity index (χ0) is 12.8. The number of hydrogen-bond donors (Lipinski definition) is 1. The van der Waals surface area contributed by atoms with Crippen molar-refractivity contribution in [2.75, 3.05) is 0 Å². The molecule has 0 unspecified atom stereocenters. The highest BCUT2D eigenvalue weighted by molar-refractivity contribution is 5.25. The molecule has 0 radical (unpaired) electrons. The van der Waals surface area contributed by atoms with E-state index in [4.69, 9.17) is 4.74 Å². The zero-order valence-corrected chi connectivity index (χ0v) is 9.74. The first kappa shape index (κ1) is 13.0. The van der Waals surface area contributed by atoms with Gasteiger partial charge in [0.15, 0.2) is 11.5 Å². The molecule has 90 valence electrons. The third-order valence-electron chi connectivity index (χ3n) is 1.97. The van der Waals surface area contributed by atoms with E-state index in [-0.39, 0.29) is 23.9 Å². The van der Waals surface area contributed by atoms with Crippen molar-refractivity contribution in [2.24, 2.45) is 0 Å². The normalized spacial score (nSPS) is 11.1. The number of aliphatic hydroxyl groups excluding tert-OH is 1. The molecule has 1 N–H and O–H groups in total. The molecule has 17 heavy (non-hydrogen) atoms. The molecule has 0 aromatic heterocycles. The molecule has 1 aromatic rings. The number of hydrogen-bond acceptors (Lipinski definition) is 2. The summed E-state index contributed by atoms with van der Waals surface area (Å²) in [7, 11) is 0. The van der Waals surface area contributed by atoms with Crippen molar-refractivity contribution in [2.45, 2.75) is 13.5 Å². The van der Waals surface area contributed by atoms with Gasteiger partial charge in [-0.2, -0.15) is 0 Å². The van der Waals surface area contributed by atoms with Crippen LogP contribution in [0.15, 0.2) is 60.6 Å². The maximum absolute atomic E-state index is 12.9. The summed E-state index contributed by atoms with van der Waals surface area (Å²) in [6, 6.07) is 6.06. The number of rotatable bonds is 5. The van der Waals surface area contributed by atoms with Gasteiger partial charge in [0.05, 0.1) is 0 Å². The van der Waals surface area contributed by atoms with Gasteiger partial charge in [-0.1, -0.05) is 30.9 Å². The van der Waals surface area contributed by atoms with Crippen LogP contribution in [0.25, 0.3) is 0 Å². The lowest BCUT2D eigenvalue weighted by molar-refractivity contribution is 0.183. The lowest BCUT2D eigenvalue weighted by Crippen LogP contribution is -1.96. The molecular weight excluding hydrogens is 219 g/mol. The number of aliphatic hydroxyl groups is 1. The summed E-state index contributed by atoms with van der Waals surface area (Å²) >= 11 is 0. The van der Waals surface area contributed by atoms with Crippen LogP contribution in [0.1, 0.15) is 12.5 Å². The molecule has 1 aromatic carbocycles. The first-order chi connectivity index (χ1) is 7.99. The van der Waals surface area contributed by atoms with E-state index in [0.29, 0.717) is 11.1 Å². The third kappa shape index (κ3) is 4.55. The third-order valence-corrected chi connectivity index (χ3v) is 1.97. The minimum atomic E-state index is -0.321. The van der Waals surface area contributed by atoms with E-state index in [2.05, 4.69) is 13.2 Å². The highest BCUT2D eigenvalue weighted by Crippen LogP contribution is 2.12. The van der Waals surface area contributed by atoms with Gasteiger partial charge in [-0.25, -0.2) is 4.39 Å². The van der Waals surface area contributed by atoms with Crippen molar-refractivity contribution >= 4 is 0 Å². The number of ether oxygens (including phenoxy) is 1. The molecule has 0 aliphatic heterocycles. The second-order valence-electron chi connectivity index (χ2n) is 3.72. The minimum absolute atomic E-state index is 0.0751. The Kier molecular flexibility index (Phi) is 4.52. The SMILES string of the molecule is C=C(C)/C=C(/O)C(=C)OCc1cccc(F)c1. The van der Waals surface area contributed by atoms with Gasteiger partial charge in [-0.05, 0) is 30.7 Å². The molecule has 0 atom stereocenters. The summed E-state index contributed by atoms with van der Waals surface area (Å²) in [5.41, 5.74) is 1.37. The second-order valence-corrected chi connectivity index (χ2v) is 3.72. The van der Waals surface area contributed by atoms with Crippen LogP contribution in [0.3, 0.4) is 0 Å². The highest BCUT2D eigenvalue weighted by Gasteiger charge is 2.02. The summed E-state index contributed by atoms with van der Waals surface area (Å²) in [5, 5.41) is 9.52. The summed E-state index contributed by atoms with van der Waals surface area (Å²) in [6.45, 7) is 9.10. The van der Waals surface area contributed by atoms with Crippen LogP contribution >= 0.6 is 0 Å². The standard InChI is InChI=1S/C14H15FO2/c1-10(2)7-14(16)11(3)17-9-12-5-4-6-13(15)8-12/h4-8,16H,1,3,9H2,2H3/b14-7+. The fourth-order valence-electron chi connectivity index (χ4n) is 1.19. The van der Waals surface area contributed by atoms with Gasteiger partial charge in [-0.15, -0.1) is 0 Å². The first-order valence-corrected chi connectivity index (χ1v) is 5.11. The van der Waals surface area contributed by atoms with Crippen molar-refractivity contribution in [3.63, 3.8) is 0 Å². The molecule has 0 saturated heterocycles. The van der Waals surface area contributed by atoms with Gasteiger partial charge in [-0.3, -0.25) is 0 Å². The van der Waals surface area contributed by atoms with Crippen molar-refractivity contribution in [3.05, 3.63) is 72.0 Å². The lowest BCUT2D eigenvalue weighted by Gasteiger charge is -2.08. The summed E-state index contributed by atoms with van der Waals surface area (Å²) in [6.07, 6.45) is 1.45. The Morgan fingerprint density at radius 2 is 2.18 bits per heavy atom. The number of allylic oxidation sites excluding steroid dienone is 2. The van der Waals surface area contributed by atoms with Crippen LogP contribution in [0.4, 0.5) is 4.39 Å². The topological polar surface area (TPSA) is 29.5 Å². The minimum Gasteiger partial charge on any atom is -0.504 e. The Morgan fingerprint density at radius 1 is 1.47 bits per heavy atom. The van der Waals surface area contributed by atoms with E-state index in [1.54, 1.807) is 19.1 Å². The predicted molar refractivity (Wildman–Crippen MR) is 65.9 cm³/mol. The van der Waals surface area contributed by atoms with Crippen LogP contribution in [-0.2, 0) is 11.3 Å². The van der Waals surface area contributed by atoms with Gasteiger partial charge in [0.1, 0.15) is 12.4 Å². The van der Waals surface area contributed by atoms with Gasteiger partial charge < -0.3 is 9.84 Å². The van der Waals surface area contributed by atoms with Gasteiger partial charge in [0, 0.05) is 0 Å². The number of halogens is 1. The molecule has 0 heterocycles. The van der Waals surface area contributed by atoms with E-state index in [0.717, 1.165) is 0 Å². The van der Waals surface area contributed by atoms with Gasteiger partial charge in [0.25, 0.3) is 0 Å². The molecule has 1 rings (SSSR count). The van der Waals surface area contributed by atoms with Crippen LogP contribution < -0.4 is 0 Å². The van der Waals surface area contributed by atoms with Crippen LogP contribution in [0, 0.1) is 5.82 Å². The monoisotopic (exact) mass is 234 g/mol. The fraction of sp³-hybridized carbons (Fsp3) is 0.143. The van der Waals surface area contributed by atoms with Crippen LogP contribution in [0.2, 0.25) is 0 Å². The quantitative estimate of drug-likeness (QED) is 0.619. The molecule has 0 spiro atoms. The Bertz CT molecular complexity index is 461. The largest absolute Gasteiger partial charge is 0.504 e. The van der Waals surface area contributed by atoms with E-state index in [1.165, 1.54) is 18.2 Å². The highest BCUT2D eigenvalue weighted by atomic mass is 19.1. The lowest BCUT2D eigenvalue weighted by atomic mass is 10.2. The summed E-state index contributed by atoms with van der Waals surface area (Å²) in [5.74, 6) is -0.260. The van der Waals surface area contributed by atoms with Crippen molar-refractivity contribution in [1.82, 2.24) is 0 Å². The van der Waals surface area contributed by atoms with Crippen LogP contribution in [0.5, 0.6) is 0 Å². The summed E-state index contributed by atoms with van der Waals surface area (Å²) in [4.78, 5) is 0. The second kappa shape index (κ2) is 5.89. The fourth-order valence-corrected chi connectivity index (χ4v) is 1.19. The molecule has 0 bridgehead atoms. The average molecular weight is 234 g/mol. The maximum atomic E-state index is 12.9. The van der Waals surface area contributed by atoms with E-state index >= 15 is 0 Å². The van der Waals surface area contributed by atoms with Crippen molar-refractivity contribution in [3.8, 4) is 0 Å². The van der Waals surface area contributed by atoms with Crippen molar-refractivity contribution < 1.29 is 14.2 Å². The molecule has 0 aliphatic rings. The summed E-state index contributed by atoms with van der Waals surface area (Å²) < 4.78 is 18.1. The maximum Gasteiger partial charge on any atom is 0.157 e. The molecule has 0 aliphatic carbocycles. The number of benzene rings is 1. The molecule has 3 heteroatoms. The predicted octanol–water partition coefficient (Wildman–Crippen LogP) is 3.87. The molecule has 2 nitrogen and oxygen atoms in total. The zero-order valence-electron chi connectivity index (χ0n) is 9.74. The van der Waals surface area contributed by atoms with E-state index in [1.807, 2.05) is 0 Å². The Hall–Kier alpha value is -2.03. The van der Waals surface area contributed by atoms with E-state index < -0.39 is 0 Å². The molecule has 0 fully saturated rings.